The van der Waals surface area contributed by atoms with E-state index in [1.807, 2.05) is 0 Å². The third-order valence-corrected chi connectivity index (χ3v) is 3.22. The number of esters is 1. The van der Waals surface area contributed by atoms with Crippen LogP contribution in [-0.4, -0.2) is 25.3 Å². The molecule has 0 saturated carbocycles. The quantitative estimate of drug-likeness (QED) is 0.482. The van der Waals surface area contributed by atoms with Crippen molar-refractivity contribution < 1.29 is 14.3 Å². The van der Waals surface area contributed by atoms with Gasteiger partial charge in [-0.2, -0.15) is 0 Å². The molecule has 0 aromatic heterocycles. The second-order valence-corrected chi connectivity index (χ2v) is 4.76. The largest absolute Gasteiger partial charge is 0.462 e. The molecule has 1 unspecified atom stereocenters. The second kappa shape index (κ2) is 6.43. The van der Waals surface area contributed by atoms with Crippen LogP contribution in [0, 0.1) is 0 Å². The fourth-order valence-corrected chi connectivity index (χ4v) is 2.19. The van der Waals surface area contributed by atoms with Gasteiger partial charge in [0.15, 0.2) is 0 Å². The van der Waals surface area contributed by atoms with Crippen molar-refractivity contribution in [3.8, 4) is 0 Å². The van der Waals surface area contributed by atoms with Gasteiger partial charge < -0.3 is 20.9 Å². The van der Waals surface area contributed by atoms with Gasteiger partial charge in [-0.25, -0.2) is 4.79 Å². The lowest BCUT2D eigenvalue weighted by atomic mass is 10.1. The van der Waals surface area contributed by atoms with Gasteiger partial charge >= 0.3 is 5.97 Å². The van der Waals surface area contributed by atoms with E-state index < -0.39 is 5.97 Å². The summed E-state index contributed by atoms with van der Waals surface area (Å²) < 4.78 is 10.7. The number of carbonyl (C=O) groups excluding carboxylic acids is 1. The van der Waals surface area contributed by atoms with E-state index in [1.165, 1.54) is 0 Å². The number of nitrogens with two attached hydrogens (primary N) is 2. The smallest absolute Gasteiger partial charge is 0.340 e. The van der Waals surface area contributed by atoms with Crippen molar-refractivity contribution in [3.05, 3.63) is 23.8 Å². The summed E-state index contributed by atoms with van der Waals surface area (Å²) in [5, 5.41) is 0. The summed E-state index contributed by atoms with van der Waals surface area (Å²) in [6, 6.07) is 4.79. The number of ether oxygens (including phenoxy) is 2. The molecule has 1 saturated heterocycles. The van der Waals surface area contributed by atoms with Crippen LogP contribution in [0.3, 0.4) is 0 Å². The van der Waals surface area contributed by atoms with Crippen LogP contribution in [0.15, 0.2) is 18.2 Å². The highest BCUT2D eigenvalue weighted by Crippen LogP contribution is 2.18. The molecule has 0 radical (unpaired) electrons. The van der Waals surface area contributed by atoms with Gasteiger partial charge in [0, 0.05) is 18.0 Å². The SMILES string of the molecule is Nc1ccc(C(=O)OCCCC2CCCO2)c(N)c1. The first-order chi connectivity index (χ1) is 9.16. The lowest BCUT2D eigenvalue weighted by molar-refractivity contribution is 0.0462. The van der Waals surface area contributed by atoms with E-state index in [2.05, 4.69) is 0 Å². The Morgan fingerprint density at radius 3 is 2.95 bits per heavy atom. The van der Waals surface area contributed by atoms with Crippen molar-refractivity contribution in [2.45, 2.75) is 31.8 Å². The summed E-state index contributed by atoms with van der Waals surface area (Å²) in [6.07, 6.45) is 4.32. The maximum atomic E-state index is 11.8. The van der Waals surface area contributed by atoms with Crippen molar-refractivity contribution in [1.29, 1.82) is 0 Å². The monoisotopic (exact) mass is 264 g/mol. The summed E-state index contributed by atoms with van der Waals surface area (Å²) in [6.45, 7) is 1.24. The predicted octanol–water partition coefficient (Wildman–Crippen LogP) is 1.97. The molecule has 1 heterocycles. The summed E-state index contributed by atoms with van der Waals surface area (Å²) in [7, 11) is 0. The van der Waals surface area contributed by atoms with Gasteiger partial charge in [-0.05, 0) is 43.9 Å². The Balaban J connectivity index is 1.74. The topological polar surface area (TPSA) is 87.6 Å². The number of rotatable bonds is 5. The number of anilines is 2. The lowest BCUT2D eigenvalue weighted by Crippen LogP contribution is -2.11. The van der Waals surface area contributed by atoms with Gasteiger partial charge in [0.2, 0.25) is 0 Å². The highest BCUT2D eigenvalue weighted by Gasteiger charge is 2.15. The van der Waals surface area contributed by atoms with E-state index in [-0.39, 0.29) is 0 Å². The molecule has 1 aromatic carbocycles. The van der Waals surface area contributed by atoms with Crippen LogP contribution in [-0.2, 0) is 9.47 Å². The van der Waals surface area contributed by atoms with Crippen LogP contribution < -0.4 is 11.5 Å². The molecule has 104 valence electrons. The standard InChI is InChI=1S/C14H20N2O3/c15-10-5-6-12(13(16)9-10)14(17)19-8-2-4-11-3-1-7-18-11/h5-6,9,11H,1-4,7-8,15-16H2. The Hall–Kier alpha value is -1.75. The molecule has 5 nitrogen and oxygen atoms in total. The van der Waals surface area contributed by atoms with Crippen LogP contribution in [0.1, 0.15) is 36.0 Å². The van der Waals surface area contributed by atoms with Gasteiger partial charge in [-0.1, -0.05) is 0 Å². The molecule has 1 fully saturated rings. The van der Waals surface area contributed by atoms with E-state index in [4.69, 9.17) is 20.9 Å². The number of hydrogen-bond donors (Lipinski definition) is 2. The minimum atomic E-state index is -0.398. The van der Waals surface area contributed by atoms with E-state index >= 15 is 0 Å². The van der Waals surface area contributed by atoms with Crippen molar-refractivity contribution in [2.75, 3.05) is 24.7 Å². The molecule has 1 aromatic rings. The summed E-state index contributed by atoms with van der Waals surface area (Å²) in [5.74, 6) is -0.398. The van der Waals surface area contributed by atoms with Gasteiger partial charge in [0.1, 0.15) is 0 Å². The number of hydrogen-bond acceptors (Lipinski definition) is 5. The van der Waals surface area contributed by atoms with Crippen LogP contribution in [0.5, 0.6) is 0 Å². The van der Waals surface area contributed by atoms with E-state index in [1.54, 1.807) is 18.2 Å². The fraction of sp³-hybridized carbons (Fsp3) is 0.500. The van der Waals surface area contributed by atoms with Crippen molar-refractivity contribution >= 4 is 17.3 Å². The maximum absolute atomic E-state index is 11.8. The van der Waals surface area contributed by atoms with Gasteiger partial charge in [-0.3, -0.25) is 0 Å². The highest BCUT2D eigenvalue weighted by molar-refractivity contribution is 5.95. The molecular formula is C14H20N2O3. The molecule has 19 heavy (non-hydrogen) atoms. The van der Waals surface area contributed by atoms with Crippen molar-refractivity contribution in [3.63, 3.8) is 0 Å². The molecule has 0 bridgehead atoms. The van der Waals surface area contributed by atoms with E-state index in [0.717, 1.165) is 32.3 Å². The van der Waals surface area contributed by atoms with E-state index in [9.17, 15) is 4.79 Å². The Labute approximate surface area is 112 Å². The summed E-state index contributed by atoms with van der Waals surface area (Å²) >= 11 is 0. The molecule has 1 aliphatic heterocycles. The Morgan fingerprint density at radius 2 is 2.26 bits per heavy atom. The molecule has 0 spiro atoms. The normalized spacial score (nSPS) is 18.4. The highest BCUT2D eigenvalue weighted by atomic mass is 16.5. The number of benzene rings is 1. The Kier molecular flexibility index (Phi) is 4.63. The zero-order chi connectivity index (χ0) is 13.7. The molecule has 1 atom stereocenters. The molecule has 0 amide bonds. The van der Waals surface area contributed by atoms with Gasteiger partial charge in [-0.15, -0.1) is 0 Å². The average molecular weight is 264 g/mol. The molecule has 1 aliphatic rings. The molecule has 4 N–H and O–H groups in total. The van der Waals surface area contributed by atoms with Crippen molar-refractivity contribution in [1.82, 2.24) is 0 Å². The van der Waals surface area contributed by atoms with Gasteiger partial charge in [0.25, 0.3) is 0 Å². The maximum Gasteiger partial charge on any atom is 0.340 e. The zero-order valence-corrected chi connectivity index (χ0v) is 10.9. The van der Waals surface area contributed by atoms with Crippen molar-refractivity contribution in [2.24, 2.45) is 0 Å². The van der Waals surface area contributed by atoms with Crippen LogP contribution in [0.2, 0.25) is 0 Å². The minimum Gasteiger partial charge on any atom is -0.462 e. The summed E-state index contributed by atoms with van der Waals surface area (Å²) in [4.78, 5) is 11.8. The first kappa shape index (κ1) is 13.7. The summed E-state index contributed by atoms with van der Waals surface area (Å²) in [5.41, 5.74) is 12.6. The Bertz CT molecular complexity index is 442. The first-order valence-electron chi connectivity index (χ1n) is 6.60. The first-order valence-corrected chi connectivity index (χ1v) is 6.60. The Morgan fingerprint density at radius 1 is 1.42 bits per heavy atom. The molecule has 2 rings (SSSR count). The van der Waals surface area contributed by atoms with Crippen LogP contribution >= 0.6 is 0 Å². The number of nitrogen functional groups attached to an aromatic ring is 2. The average Bonchev–Trinajstić information content (AvgIpc) is 2.87. The second-order valence-electron chi connectivity index (χ2n) is 4.76. The third-order valence-electron chi connectivity index (χ3n) is 3.22. The zero-order valence-electron chi connectivity index (χ0n) is 10.9. The van der Waals surface area contributed by atoms with E-state index in [0.29, 0.717) is 29.6 Å². The predicted molar refractivity (Wildman–Crippen MR) is 73.8 cm³/mol. The third kappa shape index (κ3) is 3.86. The van der Waals surface area contributed by atoms with Crippen LogP contribution in [0.4, 0.5) is 11.4 Å². The number of carbonyl (C=O) groups is 1. The lowest BCUT2D eigenvalue weighted by Gasteiger charge is -2.10. The van der Waals surface area contributed by atoms with Gasteiger partial charge in [0.05, 0.1) is 18.3 Å². The van der Waals surface area contributed by atoms with Crippen LogP contribution in [0.25, 0.3) is 0 Å². The minimum absolute atomic E-state index is 0.334. The molecular weight excluding hydrogens is 244 g/mol. The fourth-order valence-electron chi connectivity index (χ4n) is 2.19. The molecule has 0 aliphatic carbocycles. The molecule has 5 heteroatoms.